The highest BCUT2D eigenvalue weighted by molar-refractivity contribution is 5.92. The zero-order valence-electron chi connectivity index (χ0n) is 11.2. The molecule has 108 valence electrons. The van der Waals surface area contributed by atoms with Gasteiger partial charge in [0.1, 0.15) is 0 Å². The molecule has 1 heterocycles. The van der Waals surface area contributed by atoms with Crippen LogP contribution in [0.5, 0.6) is 0 Å². The highest BCUT2D eigenvalue weighted by atomic mass is 16.5. The molecule has 7 nitrogen and oxygen atoms in total. The van der Waals surface area contributed by atoms with Gasteiger partial charge in [0.05, 0.1) is 24.1 Å². The third-order valence-electron chi connectivity index (χ3n) is 3.02. The lowest BCUT2D eigenvalue weighted by molar-refractivity contribution is 0.0696. The van der Waals surface area contributed by atoms with Gasteiger partial charge in [-0.3, -0.25) is 4.98 Å². The van der Waals surface area contributed by atoms with Crippen molar-refractivity contribution in [3.63, 3.8) is 0 Å². The first-order valence-corrected chi connectivity index (χ1v) is 6.36. The molecular formula is C13H17N3O4. The molecule has 1 aliphatic rings. The highest BCUT2D eigenvalue weighted by Gasteiger charge is 2.32. The number of nitrogens with zero attached hydrogens (tertiary/aromatic N) is 2. The number of methoxy groups -OCH3 is 1. The molecule has 1 aromatic rings. The molecule has 0 spiro atoms. The Labute approximate surface area is 116 Å². The average molecular weight is 279 g/mol. The van der Waals surface area contributed by atoms with Crippen LogP contribution >= 0.6 is 0 Å². The molecule has 2 N–H and O–H groups in total. The quantitative estimate of drug-likeness (QED) is 0.821. The van der Waals surface area contributed by atoms with Crippen LogP contribution in [0.4, 0.5) is 10.5 Å². The molecule has 0 aromatic carbocycles. The number of anilines is 1. The van der Waals surface area contributed by atoms with E-state index in [9.17, 15) is 9.59 Å². The number of hydrogen-bond acceptors (Lipinski definition) is 4. The molecular weight excluding hydrogens is 262 g/mol. The van der Waals surface area contributed by atoms with Crippen LogP contribution in [0.2, 0.25) is 0 Å². The van der Waals surface area contributed by atoms with Crippen LogP contribution in [0.3, 0.4) is 0 Å². The molecule has 0 aliphatic heterocycles. The number of amides is 2. The SMILES string of the molecule is COCCN(C(=O)Nc1cncc(C(=O)O)c1)C1CC1. The lowest BCUT2D eigenvalue weighted by Gasteiger charge is -2.22. The van der Waals surface area contributed by atoms with E-state index in [0.29, 0.717) is 18.8 Å². The van der Waals surface area contributed by atoms with Gasteiger partial charge in [0.15, 0.2) is 0 Å². The van der Waals surface area contributed by atoms with E-state index in [1.807, 2.05) is 0 Å². The molecule has 0 bridgehead atoms. The van der Waals surface area contributed by atoms with E-state index in [-0.39, 0.29) is 17.6 Å². The maximum atomic E-state index is 12.2. The second-order valence-electron chi connectivity index (χ2n) is 4.61. The number of pyridine rings is 1. The highest BCUT2D eigenvalue weighted by Crippen LogP contribution is 2.27. The Hall–Kier alpha value is -2.15. The van der Waals surface area contributed by atoms with Gasteiger partial charge in [0, 0.05) is 25.9 Å². The number of aromatic carboxylic acids is 1. The van der Waals surface area contributed by atoms with Gasteiger partial charge in [-0.05, 0) is 18.9 Å². The molecule has 20 heavy (non-hydrogen) atoms. The summed E-state index contributed by atoms with van der Waals surface area (Å²) in [7, 11) is 1.59. The Morgan fingerprint density at radius 1 is 1.50 bits per heavy atom. The Kier molecular flexibility index (Phi) is 4.52. The fraction of sp³-hybridized carbons (Fsp3) is 0.462. The zero-order chi connectivity index (χ0) is 14.5. The van der Waals surface area contributed by atoms with E-state index in [0.717, 1.165) is 12.8 Å². The van der Waals surface area contributed by atoms with Crippen LogP contribution < -0.4 is 5.32 Å². The number of ether oxygens (including phenoxy) is 1. The predicted octanol–water partition coefficient (Wildman–Crippen LogP) is 1.42. The summed E-state index contributed by atoms with van der Waals surface area (Å²) in [6.45, 7) is 0.983. The fourth-order valence-corrected chi connectivity index (χ4v) is 1.85. The molecule has 0 atom stereocenters. The van der Waals surface area contributed by atoms with E-state index in [1.165, 1.54) is 18.5 Å². The van der Waals surface area contributed by atoms with Crippen molar-refractivity contribution in [2.45, 2.75) is 18.9 Å². The minimum Gasteiger partial charge on any atom is -0.478 e. The minimum atomic E-state index is -1.08. The normalized spacial score (nSPS) is 13.8. The monoisotopic (exact) mass is 279 g/mol. The van der Waals surface area contributed by atoms with E-state index < -0.39 is 5.97 Å². The second kappa shape index (κ2) is 6.33. The third kappa shape index (κ3) is 3.67. The van der Waals surface area contributed by atoms with Crippen molar-refractivity contribution >= 4 is 17.7 Å². The average Bonchev–Trinajstić information content (AvgIpc) is 3.24. The van der Waals surface area contributed by atoms with E-state index in [2.05, 4.69) is 10.3 Å². The molecule has 0 radical (unpaired) electrons. The summed E-state index contributed by atoms with van der Waals surface area (Å²) in [6.07, 6.45) is 4.64. The summed E-state index contributed by atoms with van der Waals surface area (Å²) >= 11 is 0. The Morgan fingerprint density at radius 2 is 2.25 bits per heavy atom. The van der Waals surface area contributed by atoms with E-state index >= 15 is 0 Å². The molecule has 1 aromatic heterocycles. The number of carboxylic acid groups (broad SMARTS) is 1. The van der Waals surface area contributed by atoms with Crippen molar-refractivity contribution in [3.8, 4) is 0 Å². The molecule has 2 amide bonds. The van der Waals surface area contributed by atoms with Crippen LogP contribution in [-0.2, 0) is 4.74 Å². The fourth-order valence-electron chi connectivity index (χ4n) is 1.85. The number of urea groups is 1. The van der Waals surface area contributed by atoms with Crippen molar-refractivity contribution in [1.82, 2.24) is 9.88 Å². The Balaban J connectivity index is 2.01. The van der Waals surface area contributed by atoms with Gasteiger partial charge >= 0.3 is 12.0 Å². The molecule has 7 heteroatoms. The molecule has 1 fully saturated rings. The van der Waals surface area contributed by atoms with Gasteiger partial charge < -0.3 is 20.1 Å². The van der Waals surface area contributed by atoms with Gasteiger partial charge in [-0.2, -0.15) is 0 Å². The summed E-state index contributed by atoms with van der Waals surface area (Å²) in [4.78, 5) is 28.5. The second-order valence-corrected chi connectivity index (χ2v) is 4.61. The van der Waals surface area contributed by atoms with Gasteiger partial charge in [0.2, 0.25) is 0 Å². The van der Waals surface area contributed by atoms with E-state index in [1.54, 1.807) is 12.0 Å². The topological polar surface area (TPSA) is 91.8 Å². The first kappa shape index (κ1) is 14.3. The van der Waals surface area contributed by atoms with Gasteiger partial charge in [0.25, 0.3) is 0 Å². The largest absolute Gasteiger partial charge is 0.478 e. The van der Waals surface area contributed by atoms with Crippen molar-refractivity contribution in [3.05, 3.63) is 24.0 Å². The van der Waals surface area contributed by atoms with Crippen LogP contribution in [0.1, 0.15) is 23.2 Å². The summed E-state index contributed by atoms with van der Waals surface area (Å²) < 4.78 is 4.99. The Morgan fingerprint density at radius 3 is 2.85 bits per heavy atom. The number of carbonyl (C=O) groups is 2. The summed E-state index contributed by atoms with van der Waals surface area (Å²) in [5.74, 6) is -1.08. The zero-order valence-corrected chi connectivity index (χ0v) is 11.2. The molecule has 1 saturated carbocycles. The molecule has 0 unspecified atom stereocenters. The van der Waals surface area contributed by atoms with Gasteiger partial charge in [-0.1, -0.05) is 0 Å². The van der Waals surface area contributed by atoms with Crippen molar-refractivity contribution < 1.29 is 19.4 Å². The molecule has 2 rings (SSSR count). The number of hydrogen-bond donors (Lipinski definition) is 2. The van der Waals surface area contributed by atoms with Crippen LogP contribution in [-0.4, -0.2) is 53.3 Å². The van der Waals surface area contributed by atoms with Gasteiger partial charge in [-0.25, -0.2) is 9.59 Å². The third-order valence-corrected chi connectivity index (χ3v) is 3.02. The lowest BCUT2D eigenvalue weighted by Crippen LogP contribution is -2.39. The lowest BCUT2D eigenvalue weighted by atomic mass is 10.2. The number of rotatable bonds is 6. The first-order valence-electron chi connectivity index (χ1n) is 6.36. The summed E-state index contributed by atoms with van der Waals surface area (Å²) in [6, 6.07) is 1.38. The smallest absolute Gasteiger partial charge is 0.337 e. The van der Waals surface area contributed by atoms with Crippen LogP contribution in [0.15, 0.2) is 18.5 Å². The Bertz CT molecular complexity index is 502. The maximum absolute atomic E-state index is 12.2. The number of aromatic nitrogens is 1. The standard InChI is InChI=1S/C13H17N3O4/c1-20-5-4-16(11-2-3-11)13(19)15-10-6-9(12(17)18)7-14-8-10/h6-8,11H,2-5H2,1H3,(H,15,19)(H,17,18). The minimum absolute atomic E-state index is 0.0395. The van der Waals surface area contributed by atoms with E-state index in [4.69, 9.17) is 9.84 Å². The van der Waals surface area contributed by atoms with Crippen molar-refractivity contribution in [2.24, 2.45) is 0 Å². The number of nitrogens with one attached hydrogen (secondary N) is 1. The maximum Gasteiger partial charge on any atom is 0.337 e. The van der Waals surface area contributed by atoms with Crippen LogP contribution in [0, 0.1) is 0 Å². The molecule has 1 aliphatic carbocycles. The molecule has 0 saturated heterocycles. The number of carbonyl (C=O) groups excluding carboxylic acids is 1. The summed E-state index contributed by atoms with van der Waals surface area (Å²) in [5, 5.41) is 11.6. The first-order chi connectivity index (χ1) is 9.61. The summed E-state index contributed by atoms with van der Waals surface area (Å²) in [5.41, 5.74) is 0.413. The predicted molar refractivity (Wildman–Crippen MR) is 71.8 cm³/mol. The van der Waals surface area contributed by atoms with Crippen LogP contribution in [0.25, 0.3) is 0 Å². The number of carboxylic acids is 1. The van der Waals surface area contributed by atoms with Gasteiger partial charge in [-0.15, -0.1) is 0 Å². The van der Waals surface area contributed by atoms with Crippen molar-refractivity contribution in [2.75, 3.05) is 25.6 Å². The van der Waals surface area contributed by atoms with Crippen molar-refractivity contribution in [1.29, 1.82) is 0 Å².